The molecule has 0 radical (unpaired) electrons. The number of H-pyrrole nitrogens is 1. The van der Waals surface area contributed by atoms with E-state index in [2.05, 4.69) is 20.6 Å². The molecule has 2 atom stereocenters. The van der Waals surface area contributed by atoms with E-state index in [0.717, 1.165) is 29.4 Å². The minimum Gasteiger partial charge on any atom is -0.353 e. The Morgan fingerprint density at radius 1 is 1.33 bits per heavy atom. The third-order valence-electron chi connectivity index (χ3n) is 4.73. The summed E-state index contributed by atoms with van der Waals surface area (Å²) in [6.07, 6.45) is 8.72. The summed E-state index contributed by atoms with van der Waals surface area (Å²) in [4.78, 5) is 19.7. The molecule has 0 aliphatic carbocycles. The molecule has 110 valence electrons. The predicted molar refractivity (Wildman–Crippen MR) is 80.9 cm³/mol. The number of piperidine rings is 1. The molecule has 2 aromatic rings. The van der Waals surface area contributed by atoms with Crippen LogP contribution in [0.1, 0.15) is 31.2 Å². The van der Waals surface area contributed by atoms with Crippen molar-refractivity contribution in [1.82, 2.24) is 20.6 Å². The number of nitrogens with one attached hydrogen (secondary N) is 3. The lowest BCUT2D eigenvalue weighted by molar-refractivity contribution is -0.121. The number of carbonyl (C=O) groups is 1. The summed E-state index contributed by atoms with van der Waals surface area (Å²) in [6, 6.07) is 5.45. The van der Waals surface area contributed by atoms with Crippen LogP contribution in [0.15, 0.2) is 24.5 Å². The molecule has 3 N–H and O–H groups in total. The zero-order valence-electron chi connectivity index (χ0n) is 11.9. The van der Waals surface area contributed by atoms with E-state index in [0.29, 0.717) is 24.5 Å². The maximum absolute atomic E-state index is 12.3. The highest BCUT2D eigenvalue weighted by atomic mass is 16.1. The smallest absolute Gasteiger partial charge is 0.224 e. The summed E-state index contributed by atoms with van der Waals surface area (Å²) in [5.41, 5.74) is 1.87. The van der Waals surface area contributed by atoms with Gasteiger partial charge in [-0.3, -0.25) is 4.79 Å². The highest BCUT2D eigenvalue weighted by Crippen LogP contribution is 2.26. The summed E-state index contributed by atoms with van der Waals surface area (Å²) < 4.78 is 0. The summed E-state index contributed by atoms with van der Waals surface area (Å²) >= 11 is 0. The number of amides is 1. The van der Waals surface area contributed by atoms with Gasteiger partial charge in [0.2, 0.25) is 5.91 Å². The molecule has 2 aliphatic rings. The van der Waals surface area contributed by atoms with E-state index in [1.54, 1.807) is 6.20 Å². The number of rotatable bonds is 3. The van der Waals surface area contributed by atoms with Crippen molar-refractivity contribution in [2.24, 2.45) is 0 Å². The van der Waals surface area contributed by atoms with Gasteiger partial charge in [-0.2, -0.15) is 0 Å². The van der Waals surface area contributed by atoms with Gasteiger partial charge in [0.25, 0.3) is 0 Å². The largest absolute Gasteiger partial charge is 0.353 e. The standard InChI is InChI=1S/C16H20N4O/c21-15(20-13-7-11-3-4-12(8-13)19-11)6-10-9-18-16-14(10)2-1-5-17-16/h1-2,5,9,11-13,19H,3-4,6-8H2,(H,17,18)(H,20,21). The molecule has 0 aromatic carbocycles. The van der Waals surface area contributed by atoms with Crippen LogP contribution in [0.3, 0.4) is 0 Å². The summed E-state index contributed by atoms with van der Waals surface area (Å²) in [6.45, 7) is 0. The first-order valence-electron chi connectivity index (χ1n) is 7.74. The number of hydrogen-bond donors (Lipinski definition) is 3. The lowest BCUT2D eigenvalue weighted by Gasteiger charge is -2.29. The Morgan fingerprint density at radius 2 is 2.14 bits per heavy atom. The maximum atomic E-state index is 12.3. The monoisotopic (exact) mass is 284 g/mol. The number of pyridine rings is 1. The molecule has 4 heterocycles. The number of hydrogen-bond acceptors (Lipinski definition) is 3. The number of aromatic nitrogens is 2. The van der Waals surface area contributed by atoms with Crippen molar-refractivity contribution in [3.8, 4) is 0 Å². The average molecular weight is 284 g/mol. The second-order valence-electron chi connectivity index (χ2n) is 6.26. The Hall–Kier alpha value is -1.88. The molecule has 21 heavy (non-hydrogen) atoms. The van der Waals surface area contributed by atoms with E-state index in [1.165, 1.54) is 12.8 Å². The molecule has 4 rings (SSSR count). The van der Waals surface area contributed by atoms with E-state index in [9.17, 15) is 4.79 Å². The second-order valence-corrected chi connectivity index (χ2v) is 6.26. The van der Waals surface area contributed by atoms with Crippen molar-refractivity contribution < 1.29 is 4.79 Å². The van der Waals surface area contributed by atoms with Gasteiger partial charge < -0.3 is 15.6 Å². The Balaban J connectivity index is 1.42. The van der Waals surface area contributed by atoms with Crippen molar-refractivity contribution in [3.63, 3.8) is 0 Å². The first-order chi connectivity index (χ1) is 10.3. The lowest BCUT2D eigenvalue weighted by atomic mass is 9.99. The maximum Gasteiger partial charge on any atom is 0.224 e. The van der Waals surface area contributed by atoms with Crippen LogP contribution in [0.2, 0.25) is 0 Å². The zero-order chi connectivity index (χ0) is 14.2. The van der Waals surface area contributed by atoms with Crippen LogP contribution in [0.5, 0.6) is 0 Å². The summed E-state index contributed by atoms with van der Waals surface area (Å²) in [5, 5.41) is 7.85. The van der Waals surface area contributed by atoms with E-state index < -0.39 is 0 Å². The van der Waals surface area contributed by atoms with Gasteiger partial charge in [0.05, 0.1) is 6.42 Å². The van der Waals surface area contributed by atoms with Crippen LogP contribution in [0, 0.1) is 0 Å². The van der Waals surface area contributed by atoms with Gasteiger partial charge >= 0.3 is 0 Å². The second kappa shape index (κ2) is 5.15. The molecule has 2 aliphatic heterocycles. The number of nitrogens with zero attached hydrogens (tertiary/aromatic N) is 1. The van der Waals surface area contributed by atoms with Gasteiger partial charge in [-0.05, 0) is 43.4 Å². The zero-order valence-corrected chi connectivity index (χ0v) is 11.9. The van der Waals surface area contributed by atoms with Gasteiger partial charge in [0, 0.05) is 35.9 Å². The molecule has 2 fully saturated rings. The van der Waals surface area contributed by atoms with Gasteiger partial charge in [-0.1, -0.05) is 0 Å². The van der Waals surface area contributed by atoms with Gasteiger partial charge in [0.15, 0.2) is 0 Å². The highest BCUT2D eigenvalue weighted by molar-refractivity contribution is 5.87. The molecule has 1 amide bonds. The van der Waals surface area contributed by atoms with Crippen LogP contribution in [0.25, 0.3) is 11.0 Å². The lowest BCUT2D eigenvalue weighted by Crippen LogP contribution is -2.48. The molecule has 2 unspecified atom stereocenters. The van der Waals surface area contributed by atoms with Crippen LogP contribution in [-0.2, 0) is 11.2 Å². The number of aromatic amines is 1. The SMILES string of the molecule is O=C(Cc1c[nH]c2ncccc12)NC1CC2CCC(C1)N2. The van der Waals surface area contributed by atoms with E-state index in [4.69, 9.17) is 0 Å². The summed E-state index contributed by atoms with van der Waals surface area (Å²) in [5.74, 6) is 0.117. The predicted octanol–water partition coefficient (Wildman–Crippen LogP) is 1.50. The molecule has 2 aromatic heterocycles. The van der Waals surface area contributed by atoms with Gasteiger partial charge in [-0.15, -0.1) is 0 Å². The molecule has 2 saturated heterocycles. The topological polar surface area (TPSA) is 69.8 Å². The Labute approximate surface area is 123 Å². The molecule has 0 spiro atoms. The Kier molecular flexibility index (Phi) is 3.15. The van der Waals surface area contributed by atoms with E-state index in [1.807, 2.05) is 18.3 Å². The fraction of sp³-hybridized carbons (Fsp3) is 0.500. The van der Waals surface area contributed by atoms with E-state index >= 15 is 0 Å². The van der Waals surface area contributed by atoms with Crippen molar-refractivity contribution in [3.05, 3.63) is 30.1 Å². The number of carbonyl (C=O) groups excluding carboxylic acids is 1. The van der Waals surface area contributed by atoms with Crippen LogP contribution >= 0.6 is 0 Å². The molecule has 5 nitrogen and oxygen atoms in total. The summed E-state index contributed by atoms with van der Waals surface area (Å²) in [7, 11) is 0. The van der Waals surface area contributed by atoms with Crippen molar-refractivity contribution in [2.45, 2.75) is 50.2 Å². The fourth-order valence-corrected chi connectivity index (χ4v) is 3.79. The number of fused-ring (bicyclic) bond motifs is 3. The van der Waals surface area contributed by atoms with E-state index in [-0.39, 0.29) is 5.91 Å². The highest BCUT2D eigenvalue weighted by Gasteiger charge is 2.33. The third-order valence-corrected chi connectivity index (χ3v) is 4.73. The first-order valence-corrected chi connectivity index (χ1v) is 7.74. The molecule has 0 saturated carbocycles. The average Bonchev–Trinajstić information content (AvgIpc) is 3.03. The minimum absolute atomic E-state index is 0.117. The van der Waals surface area contributed by atoms with Crippen molar-refractivity contribution >= 4 is 16.9 Å². The van der Waals surface area contributed by atoms with Gasteiger partial charge in [0.1, 0.15) is 5.65 Å². The van der Waals surface area contributed by atoms with Crippen molar-refractivity contribution in [1.29, 1.82) is 0 Å². The molecule has 5 heteroatoms. The Morgan fingerprint density at radius 3 is 2.95 bits per heavy atom. The van der Waals surface area contributed by atoms with Gasteiger partial charge in [-0.25, -0.2) is 4.98 Å². The van der Waals surface area contributed by atoms with Crippen molar-refractivity contribution in [2.75, 3.05) is 0 Å². The molecule has 2 bridgehead atoms. The quantitative estimate of drug-likeness (QED) is 0.800. The normalized spacial score (nSPS) is 27.9. The molecular weight excluding hydrogens is 264 g/mol. The Bertz CT molecular complexity index is 653. The fourth-order valence-electron chi connectivity index (χ4n) is 3.79. The third kappa shape index (κ3) is 2.53. The first kappa shape index (κ1) is 12.8. The molecular formula is C16H20N4O. The van der Waals surface area contributed by atoms with Crippen LogP contribution in [0.4, 0.5) is 0 Å². The van der Waals surface area contributed by atoms with Crippen LogP contribution < -0.4 is 10.6 Å². The van der Waals surface area contributed by atoms with Crippen LogP contribution in [-0.4, -0.2) is 34.0 Å². The minimum atomic E-state index is 0.117.